The molecule has 3 aromatic heterocycles. The van der Waals surface area contributed by atoms with Crippen LogP contribution in [0.25, 0.3) is 76.8 Å². The average molecular weight is 538 g/mol. The second kappa shape index (κ2) is 8.73. The van der Waals surface area contributed by atoms with E-state index >= 15 is 0 Å². The highest BCUT2D eigenvalue weighted by atomic mass is 15.0. The Kier molecular flexibility index (Phi) is 4.82. The molecule has 0 aliphatic carbocycles. The van der Waals surface area contributed by atoms with Gasteiger partial charge in [0.25, 0.3) is 0 Å². The van der Waals surface area contributed by atoms with E-state index in [1.165, 1.54) is 76.8 Å². The molecule has 3 heteroatoms. The van der Waals surface area contributed by atoms with Crippen molar-refractivity contribution in [1.29, 1.82) is 0 Å². The first-order valence-electron chi connectivity index (χ1n) is 14.5. The largest absolute Gasteiger partial charge is 0.337 e. The van der Waals surface area contributed by atoms with Gasteiger partial charge in [-0.15, -0.1) is 6.58 Å². The second-order valence-electron chi connectivity index (χ2n) is 11.0. The highest BCUT2D eigenvalue weighted by Gasteiger charge is 2.17. The van der Waals surface area contributed by atoms with E-state index in [-0.39, 0.29) is 0 Å². The van der Waals surface area contributed by atoms with Crippen LogP contribution in [0.5, 0.6) is 0 Å². The molecule has 0 bridgehead atoms. The molecule has 0 aliphatic rings. The molecule has 0 atom stereocenters. The third-order valence-electron chi connectivity index (χ3n) is 8.82. The predicted molar refractivity (Wildman–Crippen MR) is 178 cm³/mol. The lowest BCUT2D eigenvalue weighted by Crippen LogP contribution is -1.96. The molecule has 0 saturated heterocycles. The molecular formula is C39H27N3. The Labute approximate surface area is 242 Å². The summed E-state index contributed by atoms with van der Waals surface area (Å²) in [5.41, 5.74) is 9.65. The van der Waals surface area contributed by atoms with E-state index in [9.17, 15) is 0 Å². The van der Waals surface area contributed by atoms with E-state index in [4.69, 9.17) is 0 Å². The zero-order valence-electron chi connectivity index (χ0n) is 23.0. The minimum atomic E-state index is 0.753. The van der Waals surface area contributed by atoms with Gasteiger partial charge < -0.3 is 13.7 Å². The molecule has 6 aromatic carbocycles. The molecular weight excluding hydrogens is 510 g/mol. The Morgan fingerprint density at radius 1 is 0.405 bits per heavy atom. The van der Waals surface area contributed by atoms with Crippen LogP contribution >= 0.6 is 0 Å². The Morgan fingerprint density at radius 2 is 0.762 bits per heavy atom. The zero-order chi connectivity index (χ0) is 27.8. The third-order valence-corrected chi connectivity index (χ3v) is 8.82. The fraction of sp³-hybridized carbons (Fsp3) is 0.0256. The topological polar surface area (TPSA) is 14.8 Å². The Bertz CT molecular complexity index is 2240. The van der Waals surface area contributed by atoms with Gasteiger partial charge in [0, 0.05) is 61.3 Å². The van der Waals surface area contributed by atoms with E-state index in [1.807, 2.05) is 6.08 Å². The molecule has 3 nitrogen and oxygen atoms in total. The number of para-hydroxylation sites is 4. The predicted octanol–water partition coefficient (Wildman–Crippen LogP) is 10.2. The first kappa shape index (κ1) is 23.2. The van der Waals surface area contributed by atoms with Gasteiger partial charge in [-0.3, -0.25) is 0 Å². The molecule has 0 fully saturated rings. The number of nitrogens with zero attached hydrogens (tertiary/aromatic N) is 3. The van der Waals surface area contributed by atoms with Gasteiger partial charge in [0.2, 0.25) is 0 Å². The van der Waals surface area contributed by atoms with E-state index < -0.39 is 0 Å². The summed E-state index contributed by atoms with van der Waals surface area (Å²) < 4.78 is 7.18. The lowest BCUT2D eigenvalue weighted by atomic mass is 10.1. The van der Waals surface area contributed by atoms with Crippen molar-refractivity contribution in [2.75, 3.05) is 0 Å². The van der Waals surface area contributed by atoms with Crippen LogP contribution in [0.2, 0.25) is 0 Å². The number of allylic oxidation sites excluding steroid dienone is 1. The number of fused-ring (bicyclic) bond motifs is 9. The van der Waals surface area contributed by atoms with Crippen LogP contribution in [0, 0.1) is 0 Å². The second-order valence-corrected chi connectivity index (χ2v) is 11.0. The lowest BCUT2D eigenvalue weighted by molar-refractivity contribution is 0.901. The van der Waals surface area contributed by atoms with Gasteiger partial charge in [0.1, 0.15) is 0 Å². The van der Waals surface area contributed by atoms with Gasteiger partial charge in [-0.25, -0.2) is 0 Å². The maximum absolute atomic E-state index is 4.07. The minimum absolute atomic E-state index is 0.753. The van der Waals surface area contributed by atoms with Crippen molar-refractivity contribution in [2.24, 2.45) is 0 Å². The standard InChI is InChI=1S/C39H27N3/c1-2-23-40-34-21-19-26(41-36-15-7-3-11-28(36)29-12-4-8-16-37(29)41)24-32(34)33-25-27(20-22-35(33)40)42-38-17-9-5-13-30(38)31-14-6-10-18-39(31)42/h2-22,24-25H,1,23H2. The summed E-state index contributed by atoms with van der Waals surface area (Å²) in [6.45, 7) is 4.83. The van der Waals surface area contributed by atoms with Crippen molar-refractivity contribution < 1.29 is 0 Å². The van der Waals surface area contributed by atoms with Crippen LogP contribution in [0.15, 0.2) is 146 Å². The van der Waals surface area contributed by atoms with Gasteiger partial charge in [0.15, 0.2) is 0 Å². The summed E-state index contributed by atoms with van der Waals surface area (Å²) in [6, 6.07) is 48.6. The van der Waals surface area contributed by atoms with Crippen molar-refractivity contribution in [3.05, 3.63) is 146 Å². The summed E-state index contributed by atoms with van der Waals surface area (Å²) >= 11 is 0. The molecule has 0 N–H and O–H groups in total. The van der Waals surface area contributed by atoms with Crippen molar-refractivity contribution in [2.45, 2.75) is 6.54 Å². The summed E-state index contributed by atoms with van der Waals surface area (Å²) in [7, 11) is 0. The average Bonchev–Trinajstić information content (AvgIpc) is 3.67. The van der Waals surface area contributed by atoms with Crippen LogP contribution in [0.3, 0.4) is 0 Å². The van der Waals surface area contributed by atoms with Crippen molar-refractivity contribution in [3.8, 4) is 11.4 Å². The van der Waals surface area contributed by atoms with Gasteiger partial charge in [-0.1, -0.05) is 78.9 Å². The fourth-order valence-electron chi connectivity index (χ4n) is 7.09. The van der Waals surface area contributed by atoms with Gasteiger partial charge >= 0.3 is 0 Å². The van der Waals surface area contributed by atoms with Crippen LogP contribution in [-0.2, 0) is 6.54 Å². The molecule has 0 amide bonds. The molecule has 0 saturated carbocycles. The number of aromatic nitrogens is 3. The monoisotopic (exact) mass is 537 g/mol. The smallest absolute Gasteiger partial charge is 0.0541 e. The Hall–Kier alpha value is -5.54. The van der Waals surface area contributed by atoms with Gasteiger partial charge in [0.05, 0.1) is 22.1 Å². The minimum Gasteiger partial charge on any atom is -0.337 e. The van der Waals surface area contributed by atoms with Crippen molar-refractivity contribution in [3.63, 3.8) is 0 Å². The van der Waals surface area contributed by atoms with E-state index in [2.05, 4.69) is 154 Å². The van der Waals surface area contributed by atoms with Gasteiger partial charge in [-0.05, 0) is 60.7 Å². The van der Waals surface area contributed by atoms with E-state index in [0.29, 0.717) is 0 Å². The Balaban J connectivity index is 1.36. The Morgan fingerprint density at radius 3 is 1.12 bits per heavy atom. The first-order valence-corrected chi connectivity index (χ1v) is 14.5. The summed E-state index contributed by atoms with van der Waals surface area (Å²) in [5.74, 6) is 0. The molecule has 9 rings (SSSR count). The van der Waals surface area contributed by atoms with E-state index in [1.54, 1.807) is 0 Å². The number of hydrogen-bond donors (Lipinski definition) is 0. The molecule has 0 radical (unpaired) electrons. The number of hydrogen-bond acceptors (Lipinski definition) is 0. The molecule has 42 heavy (non-hydrogen) atoms. The lowest BCUT2D eigenvalue weighted by Gasteiger charge is -2.09. The highest BCUT2D eigenvalue weighted by Crippen LogP contribution is 2.38. The molecule has 0 unspecified atom stereocenters. The molecule has 9 aromatic rings. The van der Waals surface area contributed by atoms with Crippen LogP contribution < -0.4 is 0 Å². The maximum atomic E-state index is 4.07. The number of benzene rings is 6. The fourth-order valence-corrected chi connectivity index (χ4v) is 7.09. The van der Waals surface area contributed by atoms with E-state index in [0.717, 1.165) is 6.54 Å². The highest BCUT2D eigenvalue weighted by molar-refractivity contribution is 6.13. The number of rotatable bonds is 4. The van der Waals surface area contributed by atoms with Crippen LogP contribution in [0.4, 0.5) is 0 Å². The summed E-state index contributed by atoms with van der Waals surface area (Å²) in [5, 5.41) is 7.58. The summed E-state index contributed by atoms with van der Waals surface area (Å²) in [6.07, 6.45) is 1.99. The van der Waals surface area contributed by atoms with Crippen molar-refractivity contribution in [1.82, 2.24) is 13.7 Å². The SMILES string of the molecule is C=CCn1c2ccc(-n3c4ccccc4c4ccccc43)cc2c2cc(-n3c4ccccc4c4ccccc43)ccc21. The summed E-state index contributed by atoms with van der Waals surface area (Å²) in [4.78, 5) is 0. The maximum Gasteiger partial charge on any atom is 0.0541 e. The first-order chi connectivity index (χ1) is 20.8. The molecule has 0 spiro atoms. The zero-order valence-corrected chi connectivity index (χ0v) is 23.0. The third kappa shape index (κ3) is 3.11. The quantitative estimate of drug-likeness (QED) is 0.198. The van der Waals surface area contributed by atoms with Crippen molar-refractivity contribution >= 4 is 65.4 Å². The normalized spacial score (nSPS) is 12.0. The van der Waals surface area contributed by atoms with Crippen LogP contribution in [0.1, 0.15) is 0 Å². The van der Waals surface area contributed by atoms with Gasteiger partial charge in [-0.2, -0.15) is 0 Å². The van der Waals surface area contributed by atoms with Crippen LogP contribution in [-0.4, -0.2) is 13.7 Å². The molecule has 0 aliphatic heterocycles. The molecule has 3 heterocycles. The molecule has 198 valence electrons.